The van der Waals surface area contributed by atoms with Gasteiger partial charge in [-0.2, -0.15) is 0 Å². The maximum absolute atomic E-state index is 13.7. The number of hydrogen-bond acceptors (Lipinski definition) is 2. The molecule has 0 radical (unpaired) electrons. The molecule has 1 heterocycles. The minimum atomic E-state index is -0.369. The van der Waals surface area contributed by atoms with E-state index in [0.717, 1.165) is 5.39 Å². The van der Waals surface area contributed by atoms with Gasteiger partial charge in [-0.15, -0.1) is 0 Å². The van der Waals surface area contributed by atoms with E-state index in [1.54, 1.807) is 36.2 Å². The summed E-state index contributed by atoms with van der Waals surface area (Å²) in [6.07, 6.45) is 1.62. The van der Waals surface area contributed by atoms with Gasteiger partial charge in [0.25, 0.3) is 0 Å². The molecule has 0 aliphatic carbocycles. The van der Waals surface area contributed by atoms with E-state index in [-0.39, 0.29) is 17.8 Å². The summed E-state index contributed by atoms with van der Waals surface area (Å²) in [5.74, 6) is -0.498. The fourth-order valence-electron chi connectivity index (χ4n) is 1.76. The normalized spacial score (nSPS) is 13.2. The molecule has 0 spiro atoms. The van der Waals surface area contributed by atoms with Crippen molar-refractivity contribution in [2.24, 2.45) is 0 Å². The van der Waals surface area contributed by atoms with Crippen LogP contribution in [0.3, 0.4) is 0 Å². The topological polar surface area (TPSA) is 25.2 Å². The van der Waals surface area contributed by atoms with Gasteiger partial charge in [0.1, 0.15) is 5.82 Å². The van der Waals surface area contributed by atoms with Crippen molar-refractivity contribution in [3.05, 3.63) is 36.3 Å². The third kappa shape index (κ3) is 1.96. The van der Waals surface area contributed by atoms with Crippen LogP contribution in [0.25, 0.3) is 10.9 Å². The van der Waals surface area contributed by atoms with Crippen molar-refractivity contribution >= 4 is 16.8 Å². The van der Waals surface area contributed by atoms with Gasteiger partial charge in [-0.3, -0.25) is 14.3 Å². The van der Waals surface area contributed by atoms with E-state index in [9.17, 15) is 9.18 Å². The molecule has 0 aliphatic heterocycles. The Kier molecular flexibility index (Phi) is 2.98. The highest BCUT2D eigenvalue weighted by Crippen LogP contribution is 2.19. The minimum Gasteiger partial charge on any atom is -0.298 e. The van der Waals surface area contributed by atoms with Crippen LogP contribution in [0.2, 0.25) is 0 Å². The van der Waals surface area contributed by atoms with Crippen molar-refractivity contribution in [1.82, 2.24) is 9.47 Å². The third-order valence-electron chi connectivity index (χ3n) is 3.03. The lowest BCUT2D eigenvalue weighted by Crippen LogP contribution is -2.36. The zero-order chi connectivity index (χ0) is 12.6. The van der Waals surface area contributed by atoms with E-state index in [1.807, 2.05) is 14.1 Å². The Morgan fingerprint density at radius 1 is 1.35 bits per heavy atom. The van der Waals surface area contributed by atoms with Crippen LogP contribution in [-0.2, 0) is 0 Å². The van der Waals surface area contributed by atoms with Crippen molar-refractivity contribution in [3.8, 4) is 0 Å². The first kappa shape index (κ1) is 11.8. The Labute approximate surface area is 99.4 Å². The number of carbonyl (C=O) groups is 1. The summed E-state index contributed by atoms with van der Waals surface area (Å²) >= 11 is 0. The first-order chi connectivity index (χ1) is 8.02. The molecule has 0 saturated heterocycles. The molecule has 1 atom stereocenters. The van der Waals surface area contributed by atoms with E-state index in [1.165, 1.54) is 10.6 Å². The van der Waals surface area contributed by atoms with Gasteiger partial charge in [0.2, 0.25) is 5.91 Å². The van der Waals surface area contributed by atoms with Gasteiger partial charge in [-0.05, 0) is 33.2 Å². The standard InChI is InChI=1S/C13H15FN2O/c1-9(15(2)3)13(17)16-8-7-10-5-4-6-11(14)12(10)16/h4-9H,1-3H3. The first-order valence-electron chi connectivity index (χ1n) is 5.48. The molecule has 17 heavy (non-hydrogen) atoms. The smallest absolute Gasteiger partial charge is 0.248 e. The molecular formula is C13H15FN2O. The summed E-state index contributed by atoms with van der Waals surface area (Å²) in [6.45, 7) is 1.80. The molecule has 1 aromatic carbocycles. The third-order valence-corrected chi connectivity index (χ3v) is 3.03. The van der Waals surface area contributed by atoms with Crippen molar-refractivity contribution in [2.75, 3.05) is 14.1 Å². The number of rotatable bonds is 2. The Bertz CT molecular complexity index is 560. The molecule has 2 aromatic rings. The highest BCUT2D eigenvalue weighted by atomic mass is 19.1. The van der Waals surface area contributed by atoms with Gasteiger partial charge in [-0.1, -0.05) is 12.1 Å². The highest BCUT2D eigenvalue weighted by Gasteiger charge is 2.19. The van der Waals surface area contributed by atoms with Crippen LogP contribution in [0.15, 0.2) is 30.5 Å². The van der Waals surface area contributed by atoms with Crippen LogP contribution in [0.5, 0.6) is 0 Å². The molecule has 1 unspecified atom stereocenters. The zero-order valence-electron chi connectivity index (χ0n) is 10.1. The van der Waals surface area contributed by atoms with Crippen molar-refractivity contribution in [3.63, 3.8) is 0 Å². The van der Waals surface area contributed by atoms with E-state index < -0.39 is 0 Å². The lowest BCUT2D eigenvalue weighted by Gasteiger charge is -2.19. The highest BCUT2D eigenvalue weighted by molar-refractivity contribution is 5.95. The number of carbonyl (C=O) groups excluding carboxylic acids is 1. The van der Waals surface area contributed by atoms with Crippen molar-refractivity contribution in [1.29, 1.82) is 0 Å². The fraction of sp³-hybridized carbons (Fsp3) is 0.308. The molecule has 0 amide bonds. The Morgan fingerprint density at radius 3 is 2.71 bits per heavy atom. The van der Waals surface area contributed by atoms with Crippen LogP contribution in [0.1, 0.15) is 11.7 Å². The van der Waals surface area contributed by atoms with Crippen LogP contribution >= 0.6 is 0 Å². The Hall–Kier alpha value is -1.68. The largest absolute Gasteiger partial charge is 0.298 e. The second kappa shape index (κ2) is 4.30. The monoisotopic (exact) mass is 234 g/mol. The van der Waals surface area contributed by atoms with Crippen LogP contribution in [0, 0.1) is 5.82 Å². The van der Waals surface area contributed by atoms with E-state index in [4.69, 9.17) is 0 Å². The fourth-order valence-corrected chi connectivity index (χ4v) is 1.76. The van der Waals surface area contributed by atoms with Crippen molar-refractivity contribution in [2.45, 2.75) is 13.0 Å². The predicted molar refractivity (Wildman–Crippen MR) is 65.7 cm³/mol. The average Bonchev–Trinajstić information content (AvgIpc) is 2.72. The summed E-state index contributed by atoms with van der Waals surface area (Å²) in [7, 11) is 3.65. The second-order valence-electron chi connectivity index (χ2n) is 4.34. The van der Waals surface area contributed by atoms with Gasteiger partial charge < -0.3 is 0 Å². The molecule has 0 saturated carbocycles. The quantitative estimate of drug-likeness (QED) is 0.797. The van der Waals surface area contributed by atoms with Gasteiger partial charge in [0.05, 0.1) is 11.6 Å². The lowest BCUT2D eigenvalue weighted by atomic mass is 10.2. The summed E-state index contributed by atoms with van der Waals surface area (Å²) in [4.78, 5) is 14.0. The summed E-state index contributed by atoms with van der Waals surface area (Å²) in [5.41, 5.74) is 0.353. The number of para-hydroxylation sites is 1. The molecule has 3 nitrogen and oxygen atoms in total. The average molecular weight is 234 g/mol. The minimum absolute atomic E-state index is 0.130. The van der Waals surface area contributed by atoms with Crippen LogP contribution in [0.4, 0.5) is 4.39 Å². The van der Waals surface area contributed by atoms with Gasteiger partial charge in [0.15, 0.2) is 0 Å². The number of hydrogen-bond donors (Lipinski definition) is 0. The molecule has 0 bridgehead atoms. The van der Waals surface area contributed by atoms with Crippen molar-refractivity contribution < 1.29 is 9.18 Å². The summed E-state index contributed by atoms with van der Waals surface area (Å²) in [5, 5.41) is 0.740. The SMILES string of the molecule is CC(C(=O)n1ccc2cccc(F)c21)N(C)C. The molecule has 0 fully saturated rings. The number of fused-ring (bicyclic) bond motifs is 1. The first-order valence-corrected chi connectivity index (χ1v) is 5.48. The van der Waals surface area contributed by atoms with Gasteiger partial charge in [-0.25, -0.2) is 4.39 Å². The number of benzene rings is 1. The van der Waals surface area contributed by atoms with Gasteiger partial charge >= 0.3 is 0 Å². The Balaban J connectivity index is 2.53. The van der Waals surface area contributed by atoms with E-state index in [2.05, 4.69) is 0 Å². The number of nitrogens with zero attached hydrogens (tertiary/aromatic N) is 2. The maximum atomic E-state index is 13.7. The molecule has 1 aromatic heterocycles. The van der Waals surface area contributed by atoms with Crippen LogP contribution in [-0.4, -0.2) is 35.5 Å². The number of likely N-dealkylation sites (N-methyl/N-ethyl adjacent to an activating group) is 1. The maximum Gasteiger partial charge on any atom is 0.248 e. The number of halogens is 1. The molecule has 90 valence electrons. The molecular weight excluding hydrogens is 219 g/mol. The zero-order valence-corrected chi connectivity index (χ0v) is 10.1. The summed E-state index contributed by atoms with van der Waals surface area (Å²) < 4.78 is 15.1. The summed E-state index contributed by atoms with van der Waals surface area (Å²) in [6, 6.07) is 6.26. The molecule has 0 aliphatic rings. The Morgan fingerprint density at radius 2 is 2.06 bits per heavy atom. The second-order valence-corrected chi connectivity index (χ2v) is 4.34. The molecule has 4 heteroatoms. The van der Waals surface area contributed by atoms with Crippen LogP contribution < -0.4 is 0 Å². The molecule has 0 N–H and O–H groups in total. The van der Waals surface area contributed by atoms with E-state index in [0.29, 0.717) is 5.52 Å². The van der Waals surface area contributed by atoms with Gasteiger partial charge in [0, 0.05) is 11.6 Å². The lowest BCUT2D eigenvalue weighted by molar-refractivity contribution is 0.0809. The van der Waals surface area contributed by atoms with E-state index >= 15 is 0 Å². The predicted octanol–water partition coefficient (Wildman–Crippen LogP) is 2.37. The number of aromatic nitrogens is 1. The molecule has 2 rings (SSSR count).